The summed E-state index contributed by atoms with van der Waals surface area (Å²) >= 11 is 0. The third-order valence-corrected chi connectivity index (χ3v) is 1.33. The molecule has 0 radical (unpaired) electrons. The minimum atomic E-state index is 0.0729. The van der Waals surface area contributed by atoms with Crippen LogP contribution in [0, 0.1) is 5.92 Å². The summed E-state index contributed by atoms with van der Waals surface area (Å²) in [6.07, 6.45) is 2.29. The highest BCUT2D eigenvalue weighted by atomic mass is 16.1. The first-order chi connectivity index (χ1) is 5.63. The molecule has 1 N–H and O–H groups in total. The molecule has 0 aliphatic rings. The van der Waals surface area contributed by atoms with Gasteiger partial charge in [-0.05, 0) is 18.8 Å². The molecule has 0 atom stereocenters. The fourth-order valence-corrected chi connectivity index (χ4v) is 0.775. The normalized spacial score (nSPS) is 8.83. The molecule has 0 unspecified atom stereocenters. The molecule has 0 aromatic rings. The minimum absolute atomic E-state index is 0.0729. The van der Waals surface area contributed by atoms with Crippen molar-refractivity contribution in [3.63, 3.8) is 0 Å². The Kier molecular flexibility index (Phi) is 12.2. The van der Waals surface area contributed by atoms with Crippen LogP contribution >= 0.6 is 0 Å². The van der Waals surface area contributed by atoms with Gasteiger partial charge in [0.1, 0.15) is 0 Å². The molecular formula is C10H23NO. The molecule has 0 rings (SSSR count). The fourth-order valence-electron chi connectivity index (χ4n) is 0.775. The van der Waals surface area contributed by atoms with Gasteiger partial charge < -0.3 is 5.32 Å². The third kappa shape index (κ3) is 16.2. The molecule has 0 spiro atoms. The monoisotopic (exact) mass is 173 g/mol. The summed E-state index contributed by atoms with van der Waals surface area (Å²) in [5, 5.41) is 2.76. The van der Waals surface area contributed by atoms with Gasteiger partial charge >= 0.3 is 0 Å². The Bertz CT molecular complexity index is 100. The van der Waals surface area contributed by atoms with Gasteiger partial charge in [0.2, 0.25) is 5.91 Å². The van der Waals surface area contributed by atoms with Gasteiger partial charge in [0.15, 0.2) is 0 Å². The van der Waals surface area contributed by atoms with Gasteiger partial charge in [0, 0.05) is 13.5 Å². The smallest absolute Gasteiger partial charge is 0.216 e. The van der Waals surface area contributed by atoms with Crippen LogP contribution in [0.5, 0.6) is 0 Å². The van der Waals surface area contributed by atoms with E-state index in [2.05, 4.69) is 19.2 Å². The SMILES string of the molecule is CC.CC(=O)NCCCC(C)C. The van der Waals surface area contributed by atoms with Crippen LogP contribution in [0.4, 0.5) is 0 Å². The van der Waals surface area contributed by atoms with E-state index in [4.69, 9.17) is 0 Å². The maximum atomic E-state index is 10.4. The van der Waals surface area contributed by atoms with E-state index in [-0.39, 0.29) is 5.91 Å². The first kappa shape index (κ1) is 14.0. The van der Waals surface area contributed by atoms with Crippen molar-refractivity contribution < 1.29 is 4.79 Å². The van der Waals surface area contributed by atoms with Crippen molar-refractivity contribution in [2.24, 2.45) is 5.92 Å². The van der Waals surface area contributed by atoms with E-state index in [1.54, 1.807) is 6.92 Å². The van der Waals surface area contributed by atoms with Crippen molar-refractivity contribution in [3.8, 4) is 0 Å². The standard InChI is InChI=1S/C8H17NO.C2H6/c1-7(2)5-4-6-9-8(3)10;1-2/h7H,4-6H2,1-3H3,(H,9,10);1-2H3. The van der Waals surface area contributed by atoms with Gasteiger partial charge in [-0.15, -0.1) is 0 Å². The summed E-state index contributed by atoms with van der Waals surface area (Å²) in [5.74, 6) is 0.817. The Morgan fingerprint density at radius 2 is 1.83 bits per heavy atom. The minimum Gasteiger partial charge on any atom is -0.356 e. The van der Waals surface area contributed by atoms with Crippen molar-refractivity contribution in [1.29, 1.82) is 0 Å². The molecular weight excluding hydrogens is 150 g/mol. The second kappa shape index (κ2) is 10.5. The number of rotatable bonds is 4. The number of amides is 1. The maximum absolute atomic E-state index is 10.4. The summed E-state index contributed by atoms with van der Waals surface area (Å²) in [6, 6.07) is 0. The van der Waals surface area contributed by atoms with Crippen LogP contribution in [0.1, 0.15) is 47.5 Å². The number of nitrogens with one attached hydrogen (secondary N) is 1. The van der Waals surface area contributed by atoms with Crippen LogP contribution in [0.15, 0.2) is 0 Å². The molecule has 2 nitrogen and oxygen atoms in total. The Hall–Kier alpha value is -0.530. The topological polar surface area (TPSA) is 29.1 Å². The predicted octanol–water partition coefficient (Wildman–Crippen LogP) is 2.58. The van der Waals surface area contributed by atoms with Crippen LogP contribution in [-0.4, -0.2) is 12.5 Å². The molecule has 0 aliphatic heterocycles. The predicted molar refractivity (Wildman–Crippen MR) is 54.1 cm³/mol. The van der Waals surface area contributed by atoms with Gasteiger partial charge in [-0.1, -0.05) is 27.7 Å². The van der Waals surface area contributed by atoms with Gasteiger partial charge in [0.25, 0.3) is 0 Å². The zero-order valence-corrected chi connectivity index (χ0v) is 9.11. The van der Waals surface area contributed by atoms with Gasteiger partial charge in [-0.2, -0.15) is 0 Å². The van der Waals surface area contributed by atoms with E-state index < -0.39 is 0 Å². The van der Waals surface area contributed by atoms with Crippen LogP contribution in [0.3, 0.4) is 0 Å². The van der Waals surface area contributed by atoms with Crippen molar-refractivity contribution in [2.75, 3.05) is 6.54 Å². The molecule has 12 heavy (non-hydrogen) atoms. The Morgan fingerprint density at radius 3 is 2.17 bits per heavy atom. The van der Waals surface area contributed by atoms with Crippen LogP contribution in [0.25, 0.3) is 0 Å². The highest BCUT2D eigenvalue weighted by Gasteiger charge is 1.93. The van der Waals surface area contributed by atoms with Crippen LogP contribution in [0.2, 0.25) is 0 Å². The van der Waals surface area contributed by atoms with E-state index in [1.165, 1.54) is 6.42 Å². The van der Waals surface area contributed by atoms with E-state index in [1.807, 2.05) is 13.8 Å². The van der Waals surface area contributed by atoms with E-state index >= 15 is 0 Å². The molecule has 0 fully saturated rings. The summed E-state index contributed by atoms with van der Waals surface area (Å²) in [4.78, 5) is 10.4. The van der Waals surface area contributed by atoms with E-state index in [0.29, 0.717) is 0 Å². The van der Waals surface area contributed by atoms with Crippen molar-refractivity contribution in [1.82, 2.24) is 5.32 Å². The molecule has 0 aromatic heterocycles. The summed E-state index contributed by atoms with van der Waals surface area (Å²) in [5.41, 5.74) is 0. The number of hydrogen-bond acceptors (Lipinski definition) is 1. The second-order valence-corrected chi connectivity index (χ2v) is 3.02. The third-order valence-electron chi connectivity index (χ3n) is 1.33. The zero-order valence-electron chi connectivity index (χ0n) is 9.11. The molecule has 2 heteroatoms. The summed E-state index contributed by atoms with van der Waals surface area (Å²) in [7, 11) is 0. The highest BCUT2D eigenvalue weighted by Crippen LogP contribution is 2.01. The lowest BCUT2D eigenvalue weighted by Crippen LogP contribution is -2.21. The highest BCUT2D eigenvalue weighted by molar-refractivity contribution is 5.72. The molecule has 1 amide bonds. The lowest BCUT2D eigenvalue weighted by atomic mass is 10.1. The van der Waals surface area contributed by atoms with Crippen molar-refractivity contribution in [3.05, 3.63) is 0 Å². The largest absolute Gasteiger partial charge is 0.356 e. The first-order valence-electron chi connectivity index (χ1n) is 4.87. The Balaban J connectivity index is 0. The molecule has 0 bridgehead atoms. The summed E-state index contributed by atoms with van der Waals surface area (Å²) in [6.45, 7) is 10.8. The fraction of sp³-hybridized carbons (Fsp3) is 0.900. The van der Waals surface area contributed by atoms with Crippen LogP contribution in [-0.2, 0) is 4.79 Å². The molecule has 0 heterocycles. The molecule has 0 saturated heterocycles. The first-order valence-corrected chi connectivity index (χ1v) is 4.87. The Labute approximate surface area is 76.7 Å². The number of hydrogen-bond donors (Lipinski definition) is 1. The number of carbonyl (C=O) groups is 1. The van der Waals surface area contributed by atoms with E-state index in [9.17, 15) is 4.79 Å². The van der Waals surface area contributed by atoms with Gasteiger partial charge in [-0.25, -0.2) is 0 Å². The quantitative estimate of drug-likeness (QED) is 0.650. The lowest BCUT2D eigenvalue weighted by molar-refractivity contribution is -0.118. The molecule has 0 aromatic carbocycles. The molecule has 0 saturated carbocycles. The maximum Gasteiger partial charge on any atom is 0.216 e. The Morgan fingerprint density at radius 1 is 1.33 bits per heavy atom. The lowest BCUT2D eigenvalue weighted by Gasteiger charge is -2.03. The average molecular weight is 173 g/mol. The van der Waals surface area contributed by atoms with Crippen molar-refractivity contribution >= 4 is 5.91 Å². The van der Waals surface area contributed by atoms with Crippen LogP contribution < -0.4 is 5.32 Å². The van der Waals surface area contributed by atoms with Gasteiger partial charge in [0.05, 0.1) is 0 Å². The number of carbonyl (C=O) groups excluding carboxylic acids is 1. The zero-order chi connectivity index (χ0) is 9.98. The summed E-state index contributed by atoms with van der Waals surface area (Å²) < 4.78 is 0. The van der Waals surface area contributed by atoms with E-state index in [0.717, 1.165) is 18.9 Å². The molecule has 74 valence electrons. The van der Waals surface area contributed by atoms with Gasteiger partial charge in [-0.3, -0.25) is 4.79 Å². The second-order valence-electron chi connectivity index (χ2n) is 3.02. The average Bonchev–Trinajstić information content (AvgIpc) is 2.02. The van der Waals surface area contributed by atoms with Crippen molar-refractivity contribution in [2.45, 2.75) is 47.5 Å². The molecule has 0 aliphatic carbocycles.